The summed E-state index contributed by atoms with van der Waals surface area (Å²) in [4.78, 5) is 32.2. The quantitative estimate of drug-likeness (QED) is 0.445. The predicted molar refractivity (Wildman–Crippen MR) is 117 cm³/mol. The van der Waals surface area contributed by atoms with Crippen LogP contribution in [0, 0.1) is 0 Å². The van der Waals surface area contributed by atoms with Crippen molar-refractivity contribution in [3.05, 3.63) is 83.6 Å². The van der Waals surface area contributed by atoms with Gasteiger partial charge in [0.25, 0.3) is 5.56 Å². The molecule has 0 aliphatic rings. The molecule has 9 heteroatoms. The second kappa shape index (κ2) is 9.77. The first kappa shape index (κ1) is 20.4. The Bertz CT molecular complexity index is 1160. The average molecular weight is 417 g/mol. The van der Waals surface area contributed by atoms with Gasteiger partial charge in [0.2, 0.25) is 0 Å². The molecule has 0 atom stereocenters. The van der Waals surface area contributed by atoms with E-state index in [1.165, 1.54) is 11.0 Å². The summed E-state index contributed by atoms with van der Waals surface area (Å²) in [7, 11) is 1.67. The molecular weight excluding hydrogens is 394 g/mol. The van der Waals surface area contributed by atoms with Crippen molar-refractivity contribution in [1.82, 2.24) is 29.7 Å². The van der Waals surface area contributed by atoms with Gasteiger partial charge < -0.3 is 9.64 Å². The highest BCUT2D eigenvalue weighted by Gasteiger charge is 2.14. The van der Waals surface area contributed by atoms with E-state index in [0.29, 0.717) is 36.9 Å². The van der Waals surface area contributed by atoms with Crippen LogP contribution in [0.1, 0.15) is 5.69 Å². The molecule has 0 spiro atoms. The summed E-state index contributed by atoms with van der Waals surface area (Å²) in [6.45, 7) is 1.91. The maximum Gasteiger partial charge on any atom is 0.280 e. The van der Waals surface area contributed by atoms with Crippen molar-refractivity contribution >= 4 is 5.82 Å². The number of nitrogens with one attached hydrogen (secondary N) is 1. The fourth-order valence-electron chi connectivity index (χ4n) is 3.24. The van der Waals surface area contributed by atoms with Crippen LogP contribution < -0.4 is 10.5 Å². The van der Waals surface area contributed by atoms with Gasteiger partial charge in [0.1, 0.15) is 12.1 Å². The van der Waals surface area contributed by atoms with Gasteiger partial charge in [0.15, 0.2) is 5.82 Å². The van der Waals surface area contributed by atoms with Crippen LogP contribution in [0.5, 0.6) is 0 Å². The Morgan fingerprint density at radius 3 is 2.81 bits per heavy atom. The van der Waals surface area contributed by atoms with E-state index in [1.54, 1.807) is 44.0 Å². The normalized spacial score (nSPS) is 10.9. The third-order valence-electron chi connectivity index (χ3n) is 4.86. The Morgan fingerprint density at radius 2 is 2.03 bits per heavy atom. The van der Waals surface area contributed by atoms with Gasteiger partial charge >= 0.3 is 0 Å². The molecule has 0 aliphatic heterocycles. The van der Waals surface area contributed by atoms with Crippen LogP contribution in [-0.4, -0.2) is 56.5 Å². The number of hydrogen-bond acceptors (Lipinski definition) is 7. The van der Waals surface area contributed by atoms with E-state index >= 15 is 0 Å². The summed E-state index contributed by atoms with van der Waals surface area (Å²) in [6, 6.07) is 11.3. The summed E-state index contributed by atoms with van der Waals surface area (Å²) in [5.41, 5.74) is 2.07. The molecule has 0 aliphatic carbocycles. The zero-order chi connectivity index (χ0) is 21.5. The lowest BCUT2D eigenvalue weighted by molar-refractivity contribution is 0.205. The molecule has 4 rings (SSSR count). The molecule has 0 saturated heterocycles. The summed E-state index contributed by atoms with van der Waals surface area (Å²) in [6.07, 6.45) is 9.00. The zero-order valence-corrected chi connectivity index (χ0v) is 17.2. The summed E-state index contributed by atoms with van der Waals surface area (Å²) < 4.78 is 6.67. The molecule has 4 aromatic heterocycles. The van der Waals surface area contributed by atoms with Gasteiger partial charge in [-0.25, -0.2) is 14.6 Å². The van der Waals surface area contributed by atoms with Crippen LogP contribution in [-0.2, 0) is 11.2 Å². The van der Waals surface area contributed by atoms with Crippen LogP contribution >= 0.6 is 0 Å². The highest BCUT2D eigenvalue weighted by atomic mass is 16.5. The molecule has 31 heavy (non-hydrogen) atoms. The van der Waals surface area contributed by atoms with E-state index in [0.717, 1.165) is 17.7 Å². The topological polar surface area (TPSA) is 102 Å². The number of hydrogen-bond donors (Lipinski definition) is 1. The molecule has 0 fully saturated rings. The molecular formula is C22H23N7O2. The Morgan fingerprint density at radius 1 is 1.10 bits per heavy atom. The number of methoxy groups -OCH3 is 1. The molecule has 0 saturated carbocycles. The number of aromatic nitrogens is 6. The first-order valence-corrected chi connectivity index (χ1v) is 9.93. The number of rotatable bonds is 9. The lowest BCUT2D eigenvalue weighted by Gasteiger charge is -2.23. The molecule has 158 valence electrons. The van der Waals surface area contributed by atoms with E-state index in [-0.39, 0.29) is 5.56 Å². The van der Waals surface area contributed by atoms with E-state index in [1.807, 2.05) is 24.3 Å². The Kier molecular flexibility index (Phi) is 6.44. The smallest absolute Gasteiger partial charge is 0.280 e. The molecule has 0 unspecified atom stereocenters. The zero-order valence-electron chi connectivity index (χ0n) is 17.2. The lowest BCUT2D eigenvalue weighted by atomic mass is 10.2. The van der Waals surface area contributed by atoms with Crippen molar-refractivity contribution in [3.63, 3.8) is 0 Å². The van der Waals surface area contributed by atoms with Crippen molar-refractivity contribution in [3.8, 4) is 16.9 Å². The van der Waals surface area contributed by atoms with Gasteiger partial charge in [-0.15, -0.1) is 0 Å². The first-order valence-electron chi connectivity index (χ1n) is 9.93. The molecule has 4 aromatic rings. The predicted octanol–water partition coefficient (Wildman–Crippen LogP) is 2.11. The van der Waals surface area contributed by atoms with Crippen LogP contribution in [0.15, 0.2) is 72.3 Å². The fraction of sp³-hybridized carbons (Fsp3) is 0.227. The molecule has 0 bridgehead atoms. The highest BCUT2D eigenvalue weighted by molar-refractivity contribution is 5.60. The van der Waals surface area contributed by atoms with E-state index in [4.69, 9.17) is 4.74 Å². The summed E-state index contributed by atoms with van der Waals surface area (Å²) >= 11 is 0. The maximum absolute atomic E-state index is 12.9. The third-order valence-corrected chi connectivity index (χ3v) is 4.86. The minimum Gasteiger partial charge on any atom is -0.383 e. The van der Waals surface area contributed by atoms with Gasteiger partial charge in [-0.05, 0) is 18.2 Å². The fourth-order valence-corrected chi connectivity index (χ4v) is 3.24. The molecule has 4 heterocycles. The largest absolute Gasteiger partial charge is 0.383 e. The monoisotopic (exact) mass is 417 g/mol. The van der Waals surface area contributed by atoms with Crippen molar-refractivity contribution in [2.75, 3.05) is 31.7 Å². The molecule has 9 nitrogen and oxygen atoms in total. The van der Waals surface area contributed by atoms with Crippen molar-refractivity contribution in [2.45, 2.75) is 6.42 Å². The van der Waals surface area contributed by atoms with E-state index in [2.05, 4.69) is 29.9 Å². The van der Waals surface area contributed by atoms with Crippen LogP contribution in [0.4, 0.5) is 5.82 Å². The second-order valence-corrected chi connectivity index (χ2v) is 6.85. The molecule has 0 amide bonds. The minimum absolute atomic E-state index is 0.199. The van der Waals surface area contributed by atoms with Crippen molar-refractivity contribution in [1.29, 1.82) is 0 Å². The Balaban J connectivity index is 1.60. The summed E-state index contributed by atoms with van der Waals surface area (Å²) in [5.74, 6) is 1.17. The van der Waals surface area contributed by atoms with Crippen LogP contribution in [0.25, 0.3) is 16.9 Å². The number of aromatic amines is 1. The third kappa shape index (κ3) is 4.84. The molecule has 0 aromatic carbocycles. The van der Waals surface area contributed by atoms with Crippen molar-refractivity contribution < 1.29 is 4.74 Å². The summed E-state index contributed by atoms with van der Waals surface area (Å²) in [5, 5.41) is 2.99. The Hall–Kier alpha value is -3.85. The lowest BCUT2D eigenvalue weighted by Crippen LogP contribution is -2.31. The van der Waals surface area contributed by atoms with Crippen LogP contribution in [0.3, 0.4) is 0 Å². The minimum atomic E-state index is -0.199. The number of pyridine rings is 2. The SMILES string of the molecule is COCCN(CCc1ccccn1)c1cc(-n2[nH]cc(-c3cccnc3)c2=O)ncn1. The highest BCUT2D eigenvalue weighted by Crippen LogP contribution is 2.16. The molecule has 1 N–H and O–H groups in total. The van der Waals surface area contributed by atoms with Gasteiger partial charge in [-0.3, -0.25) is 19.9 Å². The second-order valence-electron chi connectivity index (χ2n) is 6.85. The number of ether oxygens (including phenoxy) is 1. The Labute approximate surface area is 179 Å². The number of nitrogens with zero attached hydrogens (tertiary/aromatic N) is 6. The van der Waals surface area contributed by atoms with E-state index < -0.39 is 0 Å². The van der Waals surface area contributed by atoms with Gasteiger partial charge in [-0.1, -0.05) is 12.1 Å². The average Bonchev–Trinajstić information content (AvgIpc) is 3.22. The number of anilines is 1. The van der Waals surface area contributed by atoms with Gasteiger partial charge in [0.05, 0.1) is 12.2 Å². The van der Waals surface area contributed by atoms with E-state index in [9.17, 15) is 4.79 Å². The van der Waals surface area contributed by atoms with Crippen LogP contribution in [0.2, 0.25) is 0 Å². The van der Waals surface area contributed by atoms with Crippen molar-refractivity contribution in [2.24, 2.45) is 0 Å². The molecule has 0 radical (unpaired) electrons. The van der Waals surface area contributed by atoms with Gasteiger partial charge in [-0.2, -0.15) is 0 Å². The first-order chi connectivity index (χ1) is 15.3. The van der Waals surface area contributed by atoms with Gasteiger partial charge in [0, 0.05) is 68.7 Å². The standard InChI is InChI=1S/C22H23N7O2/c1-31-12-11-28(10-7-18-6-2-3-9-24-18)20-13-21(26-16-25-20)29-22(30)19(15-27-29)17-5-4-8-23-14-17/h2-6,8-9,13-16,27H,7,10-12H2,1H3. The number of H-pyrrole nitrogens is 1. The maximum atomic E-state index is 12.9.